The van der Waals surface area contributed by atoms with Crippen molar-refractivity contribution in [2.75, 3.05) is 18.4 Å². The summed E-state index contributed by atoms with van der Waals surface area (Å²) in [5.41, 5.74) is 1.45. The van der Waals surface area contributed by atoms with E-state index in [0.29, 0.717) is 18.7 Å². The van der Waals surface area contributed by atoms with E-state index in [1.165, 1.54) is 0 Å². The summed E-state index contributed by atoms with van der Waals surface area (Å²) in [6, 6.07) is 18.3. The van der Waals surface area contributed by atoms with Crippen LogP contribution in [0, 0.1) is 0 Å². The van der Waals surface area contributed by atoms with Crippen molar-refractivity contribution < 1.29 is 9.59 Å². The van der Waals surface area contributed by atoms with Crippen LogP contribution in [0.4, 0.5) is 10.5 Å². The standard InChI is InChI=1S/C19H23N3O2/c23-18(16-10-4-1-5-11-16)20-14-8-3-9-15-21-19(24)22-17-12-6-2-7-13-17/h1-2,4-7,10-13H,3,8-9,14-15H2,(H,20,23)(H2,21,22,24). The summed E-state index contributed by atoms with van der Waals surface area (Å²) in [4.78, 5) is 23.5. The van der Waals surface area contributed by atoms with Gasteiger partial charge in [-0.1, -0.05) is 36.4 Å². The minimum Gasteiger partial charge on any atom is -0.352 e. The molecular formula is C19H23N3O2. The maximum atomic E-state index is 11.8. The Morgan fingerprint density at radius 2 is 1.29 bits per heavy atom. The third kappa shape index (κ3) is 6.52. The second-order valence-corrected chi connectivity index (χ2v) is 5.43. The maximum absolute atomic E-state index is 11.8. The molecule has 0 bridgehead atoms. The zero-order valence-electron chi connectivity index (χ0n) is 13.6. The van der Waals surface area contributed by atoms with Crippen LogP contribution in [0.5, 0.6) is 0 Å². The molecule has 2 aromatic rings. The summed E-state index contributed by atoms with van der Waals surface area (Å²) in [6.45, 7) is 1.26. The molecule has 2 rings (SSSR count). The van der Waals surface area contributed by atoms with Crippen LogP contribution in [0.2, 0.25) is 0 Å². The van der Waals surface area contributed by atoms with Gasteiger partial charge in [-0.2, -0.15) is 0 Å². The summed E-state index contributed by atoms with van der Waals surface area (Å²) < 4.78 is 0. The van der Waals surface area contributed by atoms with Crippen LogP contribution in [-0.2, 0) is 0 Å². The minimum atomic E-state index is -0.196. The molecule has 24 heavy (non-hydrogen) atoms. The second kappa shape index (κ2) is 10.0. The molecule has 0 radical (unpaired) electrons. The fraction of sp³-hybridized carbons (Fsp3) is 0.263. The van der Waals surface area contributed by atoms with E-state index in [1.807, 2.05) is 48.5 Å². The molecule has 0 heterocycles. The molecule has 5 nitrogen and oxygen atoms in total. The lowest BCUT2D eigenvalue weighted by Gasteiger charge is -2.08. The van der Waals surface area contributed by atoms with Gasteiger partial charge in [0, 0.05) is 24.3 Å². The molecule has 5 heteroatoms. The van der Waals surface area contributed by atoms with E-state index in [2.05, 4.69) is 16.0 Å². The number of anilines is 1. The van der Waals surface area contributed by atoms with Gasteiger partial charge in [-0.05, 0) is 43.5 Å². The first kappa shape index (κ1) is 17.5. The number of amides is 3. The van der Waals surface area contributed by atoms with Crippen LogP contribution in [0.15, 0.2) is 60.7 Å². The Morgan fingerprint density at radius 1 is 0.708 bits per heavy atom. The number of carbonyl (C=O) groups excluding carboxylic acids is 2. The highest BCUT2D eigenvalue weighted by Crippen LogP contribution is 2.04. The lowest BCUT2D eigenvalue weighted by atomic mass is 10.2. The van der Waals surface area contributed by atoms with E-state index >= 15 is 0 Å². The quantitative estimate of drug-likeness (QED) is 0.651. The Balaban J connectivity index is 1.49. The van der Waals surface area contributed by atoms with E-state index in [0.717, 1.165) is 24.9 Å². The summed E-state index contributed by atoms with van der Waals surface area (Å²) in [6.07, 6.45) is 2.71. The van der Waals surface area contributed by atoms with Crippen molar-refractivity contribution in [3.63, 3.8) is 0 Å². The Kier molecular flexibility index (Phi) is 7.34. The molecule has 0 spiro atoms. The summed E-state index contributed by atoms with van der Waals surface area (Å²) in [5.74, 6) is -0.0454. The number of rotatable bonds is 8. The van der Waals surface area contributed by atoms with Gasteiger partial charge in [0.15, 0.2) is 0 Å². The maximum Gasteiger partial charge on any atom is 0.319 e. The lowest BCUT2D eigenvalue weighted by molar-refractivity contribution is 0.0953. The molecule has 0 unspecified atom stereocenters. The van der Waals surface area contributed by atoms with Crippen molar-refractivity contribution >= 4 is 17.6 Å². The number of hydrogen-bond donors (Lipinski definition) is 3. The highest BCUT2D eigenvalue weighted by atomic mass is 16.2. The number of unbranched alkanes of at least 4 members (excludes halogenated alkanes) is 2. The topological polar surface area (TPSA) is 70.2 Å². The number of carbonyl (C=O) groups is 2. The van der Waals surface area contributed by atoms with E-state index in [1.54, 1.807) is 12.1 Å². The third-order valence-electron chi connectivity index (χ3n) is 3.49. The van der Waals surface area contributed by atoms with Crippen molar-refractivity contribution in [3.05, 3.63) is 66.2 Å². The molecule has 0 aromatic heterocycles. The first-order chi connectivity index (χ1) is 11.8. The zero-order chi connectivity index (χ0) is 17.0. The monoisotopic (exact) mass is 325 g/mol. The van der Waals surface area contributed by atoms with E-state index < -0.39 is 0 Å². The Bertz CT molecular complexity index is 630. The lowest BCUT2D eigenvalue weighted by Crippen LogP contribution is -2.29. The van der Waals surface area contributed by atoms with Crippen LogP contribution in [0.25, 0.3) is 0 Å². The van der Waals surface area contributed by atoms with Crippen molar-refractivity contribution in [3.8, 4) is 0 Å². The highest BCUT2D eigenvalue weighted by Gasteiger charge is 2.03. The van der Waals surface area contributed by atoms with Crippen LogP contribution >= 0.6 is 0 Å². The number of urea groups is 1. The van der Waals surface area contributed by atoms with Gasteiger partial charge >= 0.3 is 6.03 Å². The molecule has 0 saturated heterocycles. The zero-order valence-corrected chi connectivity index (χ0v) is 13.6. The molecule has 0 aliphatic rings. The van der Waals surface area contributed by atoms with Crippen molar-refractivity contribution in [2.45, 2.75) is 19.3 Å². The molecule has 126 valence electrons. The van der Waals surface area contributed by atoms with Gasteiger partial charge in [0.1, 0.15) is 0 Å². The Hall–Kier alpha value is -2.82. The average Bonchev–Trinajstić information content (AvgIpc) is 2.62. The summed E-state index contributed by atoms with van der Waals surface area (Å²) in [5, 5.41) is 8.48. The van der Waals surface area contributed by atoms with Gasteiger partial charge in [0.05, 0.1) is 0 Å². The molecule has 3 amide bonds. The SMILES string of the molecule is O=C(NCCCCCNC(=O)c1ccccc1)Nc1ccccc1. The number of benzene rings is 2. The van der Waals surface area contributed by atoms with E-state index in [9.17, 15) is 9.59 Å². The normalized spacial score (nSPS) is 10.0. The van der Waals surface area contributed by atoms with Crippen LogP contribution < -0.4 is 16.0 Å². The smallest absolute Gasteiger partial charge is 0.319 e. The van der Waals surface area contributed by atoms with Gasteiger partial charge in [-0.25, -0.2) is 4.79 Å². The molecule has 2 aromatic carbocycles. The average molecular weight is 325 g/mol. The third-order valence-corrected chi connectivity index (χ3v) is 3.49. The predicted octanol–water partition coefficient (Wildman–Crippen LogP) is 3.41. The van der Waals surface area contributed by atoms with Crippen molar-refractivity contribution in [1.82, 2.24) is 10.6 Å². The number of para-hydroxylation sites is 1. The molecule has 0 fully saturated rings. The van der Waals surface area contributed by atoms with Gasteiger partial charge < -0.3 is 16.0 Å². The van der Waals surface area contributed by atoms with Gasteiger partial charge in [0.2, 0.25) is 0 Å². The molecule has 0 atom stereocenters. The molecular weight excluding hydrogens is 302 g/mol. The van der Waals surface area contributed by atoms with Gasteiger partial charge in [-0.3, -0.25) is 4.79 Å². The minimum absolute atomic E-state index is 0.0454. The fourth-order valence-electron chi connectivity index (χ4n) is 2.22. The van der Waals surface area contributed by atoms with Crippen molar-refractivity contribution in [1.29, 1.82) is 0 Å². The first-order valence-corrected chi connectivity index (χ1v) is 8.19. The van der Waals surface area contributed by atoms with Crippen molar-refractivity contribution in [2.24, 2.45) is 0 Å². The fourth-order valence-corrected chi connectivity index (χ4v) is 2.22. The molecule has 0 aliphatic heterocycles. The predicted molar refractivity (Wildman–Crippen MR) is 96.1 cm³/mol. The molecule has 3 N–H and O–H groups in total. The largest absolute Gasteiger partial charge is 0.352 e. The number of hydrogen-bond acceptors (Lipinski definition) is 2. The van der Waals surface area contributed by atoms with Gasteiger partial charge in [-0.15, -0.1) is 0 Å². The summed E-state index contributed by atoms with van der Waals surface area (Å²) in [7, 11) is 0. The first-order valence-electron chi connectivity index (χ1n) is 8.19. The van der Waals surface area contributed by atoms with Crippen LogP contribution in [0.3, 0.4) is 0 Å². The Morgan fingerprint density at radius 3 is 1.96 bits per heavy atom. The summed E-state index contributed by atoms with van der Waals surface area (Å²) >= 11 is 0. The highest BCUT2D eigenvalue weighted by molar-refractivity contribution is 5.94. The molecule has 0 saturated carbocycles. The molecule has 0 aliphatic carbocycles. The van der Waals surface area contributed by atoms with Crippen LogP contribution in [0.1, 0.15) is 29.6 Å². The number of nitrogens with one attached hydrogen (secondary N) is 3. The van der Waals surface area contributed by atoms with Gasteiger partial charge in [0.25, 0.3) is 5.91 Å². The Labute approximate surface area is 142 Å². The van der Waals surface area contributed by atoms with E-state index in [4.69, 9.17) is 0 Å². The second-order valence-electron chi connectivity index (χ2n) is 5.43. The van der Waals surface area contributed by atoms with E-state index in [-0.39, 0.29) is 11.9 Å². The van der Waals surface area contributed by atoms with Crippen LogP contribution in [-0.4, -0.2) is 25.0 Å².